The fraction of sp³-hybridized carbons (Fsp3) is 0.556. The maximum absolute atomic E-state index is 11.5. The number of H-pyrrole nitrogens is 1. The first-order valence-corrected chi connectivity index (χ1v) is 4.95. The molecule has 1 unspecified atom stereocenters. The van der Waals surface area contributed by atoms with E-state index in [2.05, 4.69) is 20.8 Å². The number of nitrogens with zero attached hydrogens (tertiary/aromatic N) is 1. The van der Waals surface area contributed by atoms with Gasteiger partial charge in [-0.2, -0.15) is 5.10 Å². The van der Waals surface area contributed by atoms with E-state index in [1.165, 1.54) is 0 Å². The van der Waals surface area contributed by atoms with Crippen molar-refractivity contribution in [2.75, 3.05) is 25.1 Å². The van der Waals surface area contributed by atoms with Crippen molar-refractivity contribution in [1.29, 1.82) is 0 Å². The van der Waals surface area contributed by atoms with Crippen molar-refractivity contribution in [3.05, 3.63) is 12.3 Å². The number of carbonyl (C=O) groups excluding carboxylic acids is 1. The fourth-order valence-electron chi connectivity index (χ4n) is 1.50. The summed E-state index contributed by atoms with van der Waals surface area (Å²) in [5, 5.41) is 12.3. The Kier molecular flexibility index (Phi) is 3.31. The number of amides is 1. The predicted molar refractivity (Wildman–Crippen MR) is 54.4 cm³/mol. The van der Waals surface area contributed by atoms with E-state index in [0.29, 0.717) is 18.8 Å². The van der Waals surface area contributed by atoms with Gasteiger partial charge in [-0.15, -0.1) is 0 Å². The van der Waals surface area contributed by atoms with Crippen LogP contribution in [0.15, 0.2) is 12.3 Å². The van der Waals surface area contributed by atoms with Gasteiger partial charge in [-0.05, 0) is 0 Å². The van der Waals surface area contributed by atoms with Crippen LogP contribution in [0, 0.1) is 0 Å². The first-order chi connectivity index (χ1) is 7.34. The summed E-state index contributed by atoms with van der Waals surface area (Å²) in [5.41, 5.74) is 0. The van der Waals surface area contributed by atoms with E-state index < -0.39 is 0 Å². The lowest BCUT2D eigenvalue weighted by atomic mass is 10.2. The van der Waals surface area contributed by atoms with Gasteiger partial charge in [0.05, 0.1) is 19.4 Å². The molecule has 1 aromatic heterocycles. The Morgan fingerprint density at radius 1 is 1.73 bits per heavy atom. The molecular formula is C9H14N4O2. The Labute approximate surface area is 87.4 Å². The molecule has 82 valence electrons. The lowest BCUT2D eigenvalue weighted by Gasteiger charge is -2.22. The number of anilines is 1. The van der Waals surface area contributed by atoms with Crippen LogP contribution in [0.25, 0.3) is 0 Å². The van der Waals surface area contributed by atoms with Gasteiger partial charge in [0.25, 0.3) is 0 Å². The van der Waals surface area contributed by atoms with Crippen LogP contribution in [-0.4, -0.2) is 41.9 Å². The maximum atomic E-state index is 11.5. The zero-order chi connectivity index (χ0) is 10.5. The average molecular weight is 210 g/mol. The highest BCUT2D eigenvalue weighted by Gasteiger charge is 2.16. The number of aromatic nitrogens is 2. The number of hydrogen-bond acceptors (Lipinski definition) is 4. The van der Waals surface area contributed by atoms with Crippen molar-refractivity contribution < 1.29 is 9.53 Å². The Hall–Kier alpha value is -1.40. The summed E-state index contributed by atoms with van der Waals surface area (Å²) in [7, 11) is 0. The van der Waals surface area contributed by atoms with Crippen LogP contribution in [0.5, 0.6) is 0 Å². The summed E-state index contributed by atoms with van der Waals surface area (Å²) in [4.78, 5) is 11.5. The number of nitrogens with one attached hydrogen (secondary N) is 3. The number of hydrogen-bond donors (Lipinski definition) is 3. The monoisotopic (exact) mass is 210 g/mol. The molecule has 0 spiro atoms. The third kappa shape index (κ3) is 3.03. The molecule has 0 saturated carbocycles. The lowest BCUT2D eigenvalue weighted by molar-refractivity contribution is -0.117. The van der Waals surface area contributed by atoms with Crippen LogP contribution in [0.3, 0.4) is 0 Å². The number of rotatable bonds is 3. The standard InChI is InChI=1S/C9H14N4O2/c14-9(12-8-1-2-11-13-8)5-7-6-15-4-3-10-7/h1-2,7,10H,3-6H2,(H2,11,12,13,14). The van der Waals surface area contributed by atoms with Crippen LogP contribution in [0.2, 0.25) is 0 Å². The van der Waals surface area contributed by atoms with Crippen LogP contribution in [0.4, 0.5) is 5.82 Å². The maximum Gasteiger partial charge on any atom is 0.227 e. The van der Waals surface area contributed by atoms with Gasteiger partial charge >= 0.3 is 0 Å². The molecule has 0 aliphatic carbocycles. The van der Waals surface area contributed by atoms with Crippen LogP contribution >= 0.6 is 0 Å². The second kappa shape index (κ2) is 4.90. The molecule has 1 aromatic rings. The van der Waals surface area contributed by atoms with Gasteiger partial charge in [-0.3, -0.25) is 9.89 Å². The highest BCUT2D eigenvalue weighted by Crippen LogP contribution is 2.03. The molecule has 6 nitrogen and oxygen atoms in total. The van der Waals surface area contributed by atoms with Gasteiger partial charge in [0.1, 0.15) is 5.82 Å². The third-order valence-electron chi connectivity index (χ3n) is 2.21. The Bertz CT molecular complexity index is 306. The molecule has 1 aliphatic rings. The third-order valence-corrected chi connectivity index (χ3v) is 2.21. The molecule has 1 atom stereocenters. The molecule has 0 radical (unpaired) electrons. The fourth-order valence-corrected chi connectivity index (χ4v) is 1.50. The molecule has 3 N–H and O–H groups in total. The Morgan fingerprint density at radius 2 is 2.67 bits per heavy atom. The van der Waals surface area contributed by atoms with Gasteiger partial charge in [0.15, 0.2) is 0 Å². The molecule has 0 bridgehead atoms. The van der Waals surface area contributed by atoms with E-state index in [9.17, 15) is 4.79 Å². The van der Waals surface area contributed by atoms with Crippen LogP contribution in [0.1, 0.15) is 6.42 Å². The molecule has 2 rings (SSSR count). The highest BCUT2D eigenvalue weighted by atomic mass is 16.5. The quantitative estimate of drug-likeness (QED) is 0.641. The summed E-state index contributed by atoms with van der Waals surface area (Å²) in [5.74, 6) is 0.582. The topological polar surface area (TPSA) is 79.0 Å². The largest absolute Gasteiger partial charge is 0.378 e. The lowest BCUT2D eigenvalue weighted by Crippen LogP contribution is -2.43. The van der Waals surface area contributed by atoms with Gasteiger partial charge in [0, 0.05) is 25.1 Å². The van der Waals surface area contributed by atoms with Crippen molar-refractivity contribution in [2.24, 2.45) is 0 Å². The zero-order valence-electron chi connectivity index (χ0n) is 8.32. The van der Waals surface area contributed by atoms with E-state index in [1.807, 2.05) is 0 Å². The Morgan fingerprint density at radius 3 is 3.33 bits per heavy atom. The SMILES string of the molecule is O=C(CC1COCCN1)Nc1ccn[nH]1. The van der Waals surface area contributed by atoms with Crippen molar-refractivity contribution >= 4 is 11.7 Å². The molecule has 2 heterocycles. The minimum Gasteiger partial charge on any atom is -0.378 e. The van der Waals surface area contributed by atoms with Crippen molar-refractivity contribution in [1.82, 2.24) is 15.5 Å². The first-order valence-electron chi connectivity index (χ1n) is 4.95. The van der Waals surface area contributed by atoms with E-state index in [1.54, 1.807) is 12.3 Å². The van der Waals surface area contributed by atoms with Gasteiger partial charge < -0.3 is 15.4 Å². The van der Waals surface area contributed by atoms with Crippen molar-refractivity contribution in [3.8, 4) is 0 Å². The summed E-state index contributed by atoms with van der Waals surface area (Å²) in [6.07, 6.45) is 2.01. The second-order valence-electron chi connectivity index (χ2n) is 3.45. The minimum atomic E-state index is -0.0396. The summed E-state index contributed by atoms with van der Waals surface area (Å²) in [6.45, 7) is 2.12. The normalized spacial score (nSPS) is 21.2. The molecule has 1 amide bonds. The number of morpholine rings is 1. The molecule has 1 fully saturated rings. The van der Waals surface area contributed by atoms with Crippen LogP contribution < -0.4 is 10.6 Å². The number of carbonyl (C=O) groups is 1. The van der Waals surface area contributed by atoms with Gasteiger partial charge in [-0.1, -0.05) is 0 Å². The summed E-state index contributed by atoms with van der Waals surface area (Å²) in [6, 6.07) is 1.82. The first kappa shape index (κ1) is 10.1. The molecule has 1 saturated heterocycles. The second-order valence-corrected chi connectivity index (χ2v) is 3.45. The van der Waals surface area contributed by atoms with Crippen molar-refractivity contribution in [3.63, 3.8) is 0 Å². The smallest absolute Gasteiger partial charge is 0.227 e. The number of aromatic amines is 1. The Balaban J connectivity index is 1.76. The molecule has 1 aliphatic heterocycles. The average Bonchev–Trinajstić information content (AvgIpc) is 2.71. The summed E-state index contributed by atoms with van der Waals surface area (Å²) < 4.78 is 5.26. The van der Waals surface area contributed by atoms with E-state index in [4.69, 9.17) is 4.74 Å². The van der Waals surface area contributed by atoms with E-state index >= 15 is 0 Å². The zero-order valence-corrected chi connectivity index (χ0v) is 8.32. The van der Waals surface area contributed by atoms with Gasteiger partial charge in [0.2, 0.25) is 5.91 Å². The molecule has 0 aromatic carbocycles. The van der Waals surface area contributed by atoms with Gasteiger partial charge in [-0.25, -0.2) is 0 Å². The molecular weight excluding hydrogens is 196 g/mol. The number of ether oxygens (including phenoxy) is 1. The van der Waals surface area contributed by atoms with Crippen LogP contribution in [-0.2, 0) is 9.53 Å². The summed E-state index contributed by atoms with van der Waals surface area (Å²) >= 11 is 0. The predicted octanol–water partition coefficient (Wildman–Crippen LogP) is -0.273. The minimum absolute atomic E-state index is 0.0396. The van der Waals surface area contributed by atoms with E-state index in [0.717, 1.165) is 13.2 Å². The van der Waals surface area contributed by atoms with E-state index in [-0.39, 0.29) is 11.9 Å². The molecule has 6 heteroatoms. The molecule has 15 heavy (non-hydrogen) atoms. The highest BCUT2D eigenvalue weighted by molar-refractivity contribution is 5.90. The van der Waals surface area contributed by atoms with Crippen molar-refractivity contribution in [2.45, 2.75) is 12.5 Å².